The van der Waals surface area contributed by atoms with Crippen LogP contribution < -0.4 is 15.5 Å². The van der Waals surface area contributed by atoms with Crippen molar-refractivity contribution in [3.63, 3.8) is 0 Å². The molecule has 0 radical (unpaired) electrons. The number of nitrogens with one attached hydrogen (secondary N) is 3. The number of carbonyl (C=O) groups excluding carboxylic acids is 1. The summed E-state index contributed by atoms with van der Waals surface area (Å²) in [6.07, 6.45) is 0. The van der Waals surface area contributed by atoms with E-state index in [1.807, 2.05) is 14.1 Å². The summed E-state index contributed by atoms with van der Waals surface area (Å²) in [6.45, 7) is 1.08. The quantitative estimate of drug-likeness (QED) is 0.382. The third-order valence-electron chi connectivity index (χ3n) is 0.976. The fraction of sp³-hybridized carbons (Fsp3) is 0.833. The van der Waals surface area contributed by atoms with E-state index < -0.39 is 0 Å². The van der Waals surface area contributed by atoms with E-state index in [0.29, 0.717) is 13.2 Å². The van der Waals surface area contributed by atoms with Crippen LogP contribution in [0, 0.1) is 0 Å². The molecule has 0 aromatic rings. The lowest BCUT2D eigenvalue weighted by Gasteiger charge is -2.07. The van der Waals surface area contributed by atoms with Crippen LogP contribution in [0.4, 0.5) is 0 Å². The van der Waals surface area contributed by atoms with Gasteiger partial charge in [-0.2, -0.15) is 0 Å². The molecule has 0 saturated heterocycles. The minimum absolute atomic E-state index is 0.0451. The predicted molar refractivity (Wildman–Crippen MR) is 39.7 cm³/mol. The molecule has 10 heavy (non-hydrogen) atoms. The number of amides is 1. The lowest BCUT2D eigenvalue weighted by atomic mass is 10.6. The van der Waals surface area contributed by atoms with Gasteiger partial charge in [-0.15, -0.1) is 0 Å². The van der Waals surface area contributed by atoms with Gasteiger partial charge in [0.2, 0.25) is 5.91 Å². The van der Waals surface area contributed by atoms with Crippen molar-refractivity contribution >= 4 is 5.91 Å². The summed E-state index contributed by atoms with van der Waals surface area (Å²) in [5.41, 5.74) is 0. The van der Waals surface area contributed by atoms with Crippen LogP contribution in [0.25, 0.3) is 0 Å². The Hall–Kier alpha value is -0.610. The Morgan fingerprint density at radius 2 is 2.10 bits per heavy atom. The van der Waals surface area contributed by atoms with E-state index >= 15 is 0 Å². The third kappa shape index (κ3) is 5.53. The van der Waals surface area contributed by atoms with E-state index in [9.17, 15) is 4.79 Å². The molecule has 0 aliphatic carbocycles. The molecule has 60 valence electrons. The Morgan fingerprint density at radius 3 is 2.50 bits per heavy atom. The van der Waals surface area contributed by atoms with Gasteiger partial charge in [0.1, 0.15) is 0 Å². The van der Waals surface area contributed by atoms with Gasteiger partial charge in [-0.1, -0.05) is 0 Å². The van der Waals surface area contributed by atoms with E-state index in [1.54, 1.807) is 7.05 Å². The first-order valence-corrected chi connectivity index (χ1v) is 3.37. The molecule has 0 aliphatic rings. The van der Waals surface area contributed by atoms with Gasteiger partial charge in [-0.25, -0.2) is 0 Å². The lowest BCUT2D eigenvalue weighted by Crippen LogP contribution is -3.07. The van der Waals surface area contributed by atoms with E-state index in [0.717, 1.165) is 0 Å². The number of hydrogen-bond donors (Lipinski definition) is 3. The highest BCUT2D eigenvalue weighted by molar-refractivity contribution is 5.77. The maximum Gasteiger partial charge on any atom is 0.238 e. The second-order valence-corrected chi connectivity index (χ2v) is 2.51. The van der Waals surface area contributed by atoms with Gasteiger partial charge >= 0.3 is 0 Å². The second-order valence-electron chi connectivity index (χ2n) is 2.51. The van der Waals surface area contributed by atoms with Gasteiger partial charge in [0.05, 0.1) is 20.6 Å². The molecule has 0 unspecified atom stereocenters. The fourth-order valence-electron chi connectivity index (χ4n) is 0.498. The summed E-state index contributed by atoms with van der Waals surface area (Å²) in [6, 6.07) is 0. The lowest BCUT2D eigenvalue weighted by molar-refractivity contribution is -0.860. The summed E-state index contributed by atoms with van der Waals surface area (Å²) in [5, 5.41) is 5.51. The Balaban J connectivity index is 3.22. The number of quaternary nitrogens is 1. The molecule has 0 atom stereocenters. The van der Waals surface area contributed by atoms with Gasteiger partial charge in [0, 0.05) is 0 Å². The monoisotopic (exact) mass is 146 g/mol. The molecular formula is C6H16N3O+. The molecule has 3 N–H and O–H groups in total. The molecule has 0 bridgehead atoms. The number of rotatable bonds is 4. The topological polar surface area (TPSA) is 45.6 Å². The molecule has 0 rings (SSSR count). The molecule has 0 spiro atoms. The van der Waals surface area contributed by atoms with Gasteiger partial charge < -0.3 is 15.5 Å². The van der Waals surface area contributed by atoms with Crippen molar-refractivity contribution in [3.8, 4) is 0 Å². The predicted octanol–water partition coefficient (Wildman–Crippen LogP) is -2.58. The maximum atomic E-state index is 10.8. The largest absolute Gasteiger partial charge is 0.323 e. The van der Waals surface area contributed by atoms with Crippen LogP contribution >= 0.6 is 0 Å². The van der Waals surface area contributed by atoms with Crippen LogP contribution in [0.3, 0.4) is 0 Å². The molecule has 0 heterocycles. The standard InChI is InChI=1S/C6H15N3O/c1-7-4-6(10)8-5-9(2)3/h7H,4-5H2,1-3H3,(H,8,10)/p+1. The zero-order chi connectivity index (χ0) is 7.98. The zero-order valence-electron chi connectivity index (χ0n) is 6.82. The average molecular weight is 146 g/mol. The number of carbonyl (C=O) groups is 1. The Labute approximate surface area is 61.6 Å². The number of likely N-dealkylation sites (N-methyl/N-ethyl adjacent to an activating group) is 1. The van der Waals surface area contributed by atoms with Crippen LogP contribution in [0.5, 0.6) is 0 Å². The molecule has 0 aromatic heterocycles. The summed E-state index contributed by atoms with van der Waals surface area (Å²) in [5.74, 6) is 0.0451. The van der Waals surface area contributed by atoms with Crippen molar-refractivity contribution in [1.82, 2.24) is 10.6 Å². The van der Waals surface area contributed by atoms with Crippen LogP contribution in [-0.4, -0.2) is 40.3 Å². The van der Waals surface area contributed by atoms with E-state index in [4.69, 9.17) is 0 Å². The van der Waals surface area contributed by atoms with Crippen molar-refractivity contribution in [1.29, 1.82) is 0 Å². The molecule has 4 nitrogen and oxygen atoms in total. The molecular weight excluding hydrogens is 130 g/mol. The second kappa shape index (κ2) is 5.20. The van der Waals surface area contributed by atoms with Crippen LogP contribution in [0.15, 0.2) is 0 Å². The van der Waals surface area contributed by atoms with Crippen LogP contribution in [0.1, 0.15) is 0 Å². The van der Waals surface area contributed by atoms with Crippen molar-refractivity contribution in [2.45, 2.75) is 0 Å². The molecule has 0 aromatic carbocycles. The first-order chi connectivity index (χ1) is 4.66. The smallest absolute Gasteiger partial charge is 0.238 e. The SMILES string of the molecule is CNCC(=O)NC[NH+](C)C. The first-order valence-electron chi connectivity index (χ1n) is 3.37. The Bertz CT molecular complexity index is 103. The van der Waals surface area contributed by atoms with E-state index in [-0.39, 0.29) is 5.91 Å². The maximum absolute atomic E-state index is 10.8. The average Bonchev–Trinajstić information content (AvgIpc) is 1.85. The molecule has 0 saturated carbocycles. The first kappa shape index (κ1) is 9.39. The van der Waals surface area contributed by atoms with Crippen molar-refractivity contribution in [2.75, 3.05) is 34.4 Å². The van der Waals surface area contributed by atoms with E-state index in [1.165, 1.54) is 4.90 Å². The van der Waals surface area contributed by atoms with Gasteiger partial charge in [-0.3, -0.25) is 4.79 Å². The molecule has 0 fully saturated rings. The highest BCUT2D eigenvalue weighted by Crippen LogP contribution is 1.55. The van der Waals surface area contributed by atoms with Crippen molar-refractivity contribution in [3.05, 3.63) is 0 Å². The third-order valence-corrected chi connectivity index (χ3v) is 0.976. The van der Waals surface area contributed by atoms with Gasteiger partial charge in [0.15, 0.2) is 6.67 Å². The highest BCUT2D eigenvalue weighted by Gasteiger charge is 1.98. The van der Waals surface area contributed by atoms with Crippen molar-refractivity contribution in [2.24, 2.45) is 0 Å². The van der Waals surface area contributed by atoms with Crippen molar-refractivity contribution < 1.29 is 9.69 Å². The minimum atomic E-state index is 0.0451. The van der Waals surface area contributed by atoms with Crippen LogP contribution in [-0.2, 0) is 4.79 Å². The normalized spacial score (nSPS) is 10.0. The van der Waals surface area contributed by atoms with E-state index in [2.05, 4.69) is 10.6 Å². The zero-order valence-corrected chi connectivity index (χ0v) is 6.82. The summed E-state index contributed by atoms with van der Waals surface area (Å²) >= 11 is 0. The molecule has 4 heteroatoms. The highest BCUT2D eigenvalue weighted by atomic mass is 16.2. The van der Waals surface area contributed by atoms with Gasteiger partial charge in [-0.05, 0) is 7.05 Å². The number of hydrogen-bond acceptors (Lipinski definition) is 2. The summed E-state index contributed by atoms with van der Waals surface area (Å²) in [7, 11) is 5.72. The fourth-order valence-corrected chi connectivity index (χ4v) is 0.498. The Kier molecular flexibility index (Phi) is 4.88. The Morgan fingerprint density at radius 1 is 1.50 bits per heavy atom. The summed E-state index contributed by atoms with van der Waals surface area (Å²) in [4.78, 5) is 12.0. The molecule has 1 amide bonds. The summed E-state index contributed by atoms with van der Waals surface area (Å²) < 4.78 is 0. The van der Waals surface area contributed by atoms with Gasteiger partial charge in [0.25, 0.3) is 0 Å². The van der Waals surface area contributed by atoms with Crippen LogP contribution in [0.2, 0.25) is 0 Å². The molecule has 0 aliphatic heterocycles. The minimum Gasteiger partial charge on any atom is -0.323 e.